The van der Waals surface area contributed by atoms with Gasteiger partial charge in [-0.25, -0.2) is 0 Å². The largest absolute Gasteiger partial charge is 0.460 e. The van der Waals surface area contributed by atoms with E-state index in [4.69, 9.17) is 4.74 Å². The Kier molecular flexibility index (Phi) is 8.32. The zero-order valence-electron chi connectivity index (χ0n) is 11.5. The SMILES string of the molecule is CCCCCCCCC(=O)OC(C)(C)CC. The zero-order chi connectivity index (χ0) is 12.4. The third-order valence-corrected chi connectivity index (χ3v) is 2.98. The van der Waals surface area contributed by atoms with Crippen LogP contribution < -0.4 is 0 Å². The molecule has 0 aromatic carbocycles. The van der Waals surface area contributed by atoms with Gasteiger partial charge in [0, 0.05) is 6.42 Å². The average molecular weight is 228 g/mol. The Morgan fingerprint density at radius 1 is 1.00 bits per heavy atom. The molecule has 0 bridgehead atoms. The Balaban J connectivity index is 3.44. The van der Waals surface area contributed by atoms with E-state index in [0.717, 1.165) is 19.3 Å². The highest BCUT2D eigenvalue weighted by molar-refractivity contribution is 5.69. The molecule has 0 saturated carbocycles. The van der Waals surface area contributed by atoms with Crippen LogP contribution in [0.3, 0.4) is 0 Å². The smallest absolute Gasteiger partial charge is 0.306 e. The number of esters is 1. The van der Waals surface area contributed by atoms with Crippen LogP contribution in [-0.4, -0.2) is 11.6 Å². The van der Waals surface area contributed by atoms with Gasteiger partial charge >= 0.3 is 5.97 Å². The highest BCUT2D eigenvalue weighted by Gasteiger charge is 2.19. The van der Waals surface area contributed by atoms with Crippen molar-refractivity contribution in [3.05, 3.63) is 0 Å². The summed E-state index contributed by atoms with van der Waals surface area (Å²) in [5, 5.41) is 0. The van der Waals surface area contributed by atoms with Crippen LogP contribution in [0.5, 0.6) is 0 Å². The molecule has 0 saturated heterocycles. The summed E-state index contributed by atoms with van der Waals surface area (Å²) in [6.45, 7) is 8.18. The van der Waals surface area contributed by atoms with Crippen molar-refractivity contribution >= 4 is 5.97 Å². The van der Waals surface area contributed by atoms with Crippen LogP contribution in [0.2, 0.25) is 0 Å². The lowest BCUT2D eigenvalue weighted by molar-refractivity contribution is -0.156. The number of carbonyl (C=O) groups is 1. The first kappa shape index (κ1) is 15.5. The first-order valence-corrected chi connectivity index (χ1v) is 6.73. The molecule has 0 aliphatic rings. The van der Waals surface area contributed by atoms with Gasteiger partial charge in [-0.05, 0) is 26.7 Å². The van der Waals surface area contributed by atoms with Gasteiger partial charge < -0.3 is 4.74 Å². The second kappa shape index (κ2) is 8.60. The van der Waals surface area contributed by atoms with Crippen molar-refractivity contribution in [2.45, 2.75) is 84.7 Å². The normalized spacial score (nSPS) is 11.5. The minimum Gasteiger partial charge on any atom is -0.460 e. The topological polar surface area (TPSA) is 26.3 Å². The number of carbonyl (C=O) groups excluding carboxylic acids is 1. The van der Waals surface area contributed by atoms with E-state index in [1.807, 2.05) is 20.8 Å². The Morgan fingerprint density at radius 3 is 2.12 bits per heavy atom. The summed E-state index contributed by atoms with van der Waals surface area (Å²) in [4.78, 5) is 11.5. The summed E-state index contributed by atoms with van der Waals surface area (Å²) >= 11 is 0. The van der Waals surface area contributed by atoms with E-state index in [9.17, 15) is 4.79 Å². The maximum atomic E-state index is 11.5. The van der Waals surface area contributed by atoms with E-state index in [1.54, 1.807) is 0 Å². The van der Waals surface area contributed by atoms with Gasteiger partial charge in [0.15, 0.2) is 0 Å². The molecule has 0 aromatic heterocycles. The molecule has 2 heteroatoms. The Bertz CT molecular complexity index is 185. The molecule has 2 nitrogen and oxygen atoms in total. The minimum atomic E-state index is -0.292. The number of hydrogen-bond donors (Lipinski definition) is 0. The van der Waals surface area contributed by atoms with Gasteiger partial charge in [-0.2, -0.15) is 0 Å². The fraction of sp³-hybridized carbons (Fsp3) is 0.929. The van der Waals surface area contributed by atoms with Gasteiger partial charge in [-0.3, -0.25) is 4.79 Å². The van der Waals surface area contributed by atoms with Gasteiger partial charge in [-0.1, -0.05) is 46.0 Å². The highest BCUT2D eigenvalue weighted by Crippen LogP contribution is 2.15. The van der Waals surface area contributed by atoms with Gasteiger partial charge in [0.1, 0.15) is 5.60 Å². The number of ether oxygens (including phenoxy) is 1. The number of rotatable bonds is 9. The van der Waals surface area contributed by atoms with Crippen LogP contribution in [0.25, 0.3) is 0 Å². The third kappa shape index (κ3) is 8.75. The summed E-state index contributed by atoms with van der Waals surface area (Å²) in [5.41, 5.74) is -0.292. The average Bonchev–Trinajstić information content (AvgIpc) is 2.22. The fourth-order valence-electron chi connectivity index (χ4n) is 1.48. The first-order chi connectivity index (χ1) is 7.52. The maximum absolute atomic E-state index is 11.5. The summed E-state index contributed by atoms with van der Waals surface area (Å²) in [5.74, 6) is -0.0395. The minimum absolute atomic E-state index is 0.0395. The number of hydrogen-bond acceptors (Lipinski definition) is 2. The molecule has 0 N–H and O–H groups in total. The lowest BCUT2D eigenvalue weighted by Gasteiger charge is -2.23. The summed E-state index contributed by atoms with van der Waals surface area (Å²) < 4.78 is 5.38. The molecule has 0 fully saturated rings. The van der Waals surface area contributed by atoms with Crippen molar-refractivity contribution in [2.24, 2.45) is 0 Å². The Morgan fingerprint density at radius 2 is 1.56 bits per heavy atom. The molecule has 0 aromatic rings. The van der Waals surface area contributed by atoms with Gasteiger partial charge in [-0.15, -0.1) is 0 Å². The molecule has 0 aliphatic carbocycles. The van der Waals surface area contributed by atoms with Crippen molar-refractivity contribution in [1.29, 1.82) is 0 Å². The van der Waals surface area contributed by atoms with E-state index in [0.29, 0.717) is 6.42 Å². The molecule has 0 atom stereocenters. The summed E-state index contributed by atoms with van der Waals surface area (Å²) in [7, 11) is 0. The summed E-state index contributed by atoms with van der Waals surface area (Å²) in [6.07, 6.45) is 8.71. The van der Waals surface area contributed by atoms with Crippen LogP contribution >= 0.6 is 0 Å². The molecular weight excluding hydrogens is 200 g/mol. The van der Waals surface area contributed by atoms with Crippen LogP contribution in [0.1, 0.15) is 79.1 Å². The van der Waals surface area contributed by atoms with Crippen LogP contribution in [-0.2, 0) is 9.53 Å². The molecule has 0 aliphatic heterocycles. The molecule has 0 radical (unpaired) electrons. The Hall–Kier alpha value is -0.530. The van der Waals surface area contributed by atoms with Crippen molar-refractivity contribution in [2.75, 3.05) is 0 Å². The molecule has 0 unspecified atom stereocenters. The first-order valence-electron chi connectivity index (χ1n) is 6.73. The lowest BCUT2D eigenvalue weighted by atomic mass is 10.1. The zero-order valence-corrected chi connectivity index (χ0v) is 11.5. The van der Waals surface area contributed by atoms with Gasteiger partial charge in [0.2, 0.25) is 0 Å². The predicted octanol–water partition coefficient (Wildman–Crippen LogP) is 4.47. The van der Waals surface area contributed by atoms with Crippen molar-refractivity contribution < 1.29 is 9.53 Å². The molecule has 0 spiro atoms. The second-order valence-corrected chi connectivity index (χ2v) is 5.11. The molecule has 0 rings (SSSR count). The summed E-state index contributed by atoms with van der Waals surface area (Å²) in [6, 6.07) is 0. The monoisotopic (exact) mass is 228 g/mol. The fourth-order valence-corrected chi connectivity index (χ4v) is 1.48. The quantitative estimate of drug-likeness (QED) is 0.430. The van der Waals surface area contributed by atoms with E-state index >= 15 is 0 Å². The van der Waals surface area contributed by atoms with E-state index in [2.05, 4.69) is 6.92 Å². The molecule has 0 amide bonds. The van der Waals surface area contributed by atoms with Gasteiger partial charge in [0.25, 0.3) is 0 Å². The lowest BCUT2D eigenvalue weighted by Crippen LogP contribution is -2.26. The van der Waals surface area contributed by atoms with E-state index in [-0.39, 0.29) is 11.6 Å². The highest BCUT2D eigenvalue weighted by atomic mass is 16.6. The standard InChI is InChI=1S/C14H28O2/c1-5-7-8-9-10-11-12-13(15)16-14(3,4)6-2/h5-12H2,1-4H3. The molecule has 96 valence electrons. The van der Waals surface area contributed by atoms with Crippen LogP contribution in [0.4, 0.5) is 0 Å². The predicted molar refractivity (Wildman–Crippen MR) is 68.5 cm³/mol. The van der Waals surface area contributed by atoms with E-state index < -0.39 is 0 Å². The maximum Gasteiger partial charge on any atom is 0.306 e. The van der Waals surface area contributed by atoms with Gasteiger partial charge in [0.05, 0.1) is 0 Å². The van der Waals surface area contributed by atoms with Crippen molar-refractivity contribution in [3.63, 3.8) is 0 Å². The molecule has 16 heavy (non-hydrogen) atoms. The van der Waals surface area contributed by atoms with Crippen LogP contribution in [0.15, 0.2) is 0 Å². The second-order valence-electron chi connectivity index (χ2n) is 5.11. The van der Waals surface area contributed by atoms with Crippen molar-refractivity contribution in [3.8, 4) is 0 Å². The third-order valence-electron chi connectivity index (χ3n) is 2.98. The number of unbranched alkanes of at least 4 members (excludes halogenated alkanes) is 5. The van der Waals surface area contributed by atoms with Crippen LogP contribution in [0, 0.1) is 0 Å². The van der Waals surface area contributed by atoms with Crippen molar-refractivity contribution in [1.82, 2.24) is 0 Å². The van der Waals surface area contributed by atoms with E-state index in [1.165, 1.54) is 25.7 Å². The Labute approximate surface area is 101 Å². The molecular formula is C14H28O2. The molecule has 0 heterocycles.